The standard InChI is InChI=1S/C18H28N4OS/c1-13(8-9-18(2,3)4)21-17(19-5)20-11-14-12-23-16(22-14)15-7-6-10-24-15/h6-7,10,12-13H,8-9,11H2,1-5H3,(H2,19,20,21). The molecule has 6 heteroatoms. The Bertz CT molecular complexity index is 640. The molecule has 0 aliphatic rings. The molecule has 0 saturated carbocycles. The lowest BCUT2D eigenvalue weighted by atomic mass is 9.89. The minimum Gasteiger partial charge on any atom is -0.443 e. The van der Waals surface area contributed by atoms with E-state index in [0.29, 0.717) is 23.9 Å². The van der Waals surface area contributed by atoms with Crippen molar-refractivity contribution in [3.63, 3.8) is 0 Å². The molecule has 2 aromatic heterocycles. The molecule has 2 heterocycles. The third kappa shape index (κ3) is 6.00. The Morgan fingerprint density at radius 2 is 2.21 bits per heavy atom. The van der Waals surface area contributed by atoms with Crippen molar-refractivity contribution in [2.45, 2.75) is 53.1 Å². The van der Waals surface area contributed by atoms with Crippen LogP contribution in [-0.4, -0.2) is 24.0 Å². The molecule has 2 rings (SSSR count). The molecule has 24 heavy (non-hydrogen) atoms. The molecule has 1 unspecified atom stereocenters. The van der Waals surface area contributed by atoms with Gasteiger partial charge in [0.15, 0.2) is 5.96 Å². The highest BCUT2D eigenvalue weighted by atomic mass is 32.1. The molecule has 0 aliphatic carbocycles. The van der Waals surface area contributed by atoms with Gasteiger partial charge >= 0.3 is 0 Å². The maximum Gasteiger partial charge on any atom is 0.236 e. The van der Waals surface area contributed by atoms with Crippen LogP contribution in [0.1, 0.15) is 46.2 Å². The first-order valence-electron chi connectivity index (χ1n) is 8.33. The molecule has 0 aliphatic heterocycles. The van der Waals surface area contributed by atoms with Gasteiger partial charge in [0, 0.05) is 13.1 Å². The minimum absolute atomic E-state index is 0.353. The van der Waals surface area contributed by atoms with Gasteiger partial charge in [0.05, 0.1) is 17.1 Å². The number of hydrogen-bond donors (Lipinski definition) is 2. The Kier molecular flexibility index (Phi) is 6.43. The van der Waals surface area contributed by atoms with Gasteiger partial charge in [-0.3, -0.25) is 4.99 Å². The van der Waals surface area contributed by atoms with E-state index in [-0.39, 0.29) is 0 Å². The topological polar surface area (TPSA) is 62.5 Å². The monoisotopic (exact) mass is 348 g/mol. The Balaban J connectivity index is 1.81. The van der Waals surface area contributed by atoms with Crippen molar-refractivity contribution in [2.75, 3.05) is 7.05 Å². The van der Waals surface area contributed by atoms with Crippen molar-refractivity contribution >= 4 is 17.3 Å². The van der Waals surface area contributed by atoms with Crippen LogP contribution in [0, 0.1) is 5.41 Å². The van der Waals surface area contributed by atoms with Crippen molar-refractivity contribution in [1.82, 2.24) is 15.6 Å². The molecule has 132 valence electrons. The summed E-state index contributed by atoms with van der Waals surface area (Å²) in [4.78, 5) is 9.83. The van der Waals surface area contributed by atoms with Crippen LogP contribution in [-0.2, 0) is 6.54 Å². The van der Waals surface area contributed by atoms with E-state index in [0.717, 1.165) is 23.0 Å². The summed E-state index contributed by atoms with van der Waals surface area (Å²) in [7, 11) is 1.78. The second-order valence-electron chi connectivity index (χ2n) is 7.19. The molecule has 0 radical (unpaired) electrons. The van der Waals surface area contributed by atoms with Crippen LogP contribution < -0.4 is 10.6 Å². The van der Waals surface area contributed by atoms with Gasteiger partial charge in [-0.1, -0.05) is 26.8 Å². The zero-order chi connectivity index (χ0) is 17.6. The van der Waals surface area contributed by atoms with Gasteiger partial charge < -0.3 is 15.1 Å². The number of nitrogens with zero attached hydrogens (tertiary/aromatic N) is 2. The van der Waals surface area contributed by atoms with E-state index in [1.807, 2.05) is 17.5 Å². The van der Waals surface area contributed by atoms with Crippen molar-refractivity contribution in [1.29, 1.82) is 0 Å². The Morgan fingerprint density at radius 1 is 1.42 bits per heavy atom. The van der Waals surface area contributed by atoms with Crippen molar-refractivity contribution in [3.05, 3.63) is 29.5 Å². The van der Waals surface area contributed by atoms with E-state index in [1.54, 1.807) is 24.6 Å². The summed E-state index contributed by atoms with van der Waals surface area (Å²) in [5.41, 5.74) is 1.22. The summed E-state index contributed by atoms with van der Waals surface area (Å²) in [6.45, 7) is 9.57. The highest BCUT2D eigenvalue weighted by Gasteiger charge is 2.13. The zero-order valence-corrected chi connectivity index (χ0v) is 16.0. The van der Waals surface area contributed by atoms with E-state index in [1.165, 1.54) is 6.42 Å². The number of oxazole rings is 1. The Morgan fingerprint density at radius 3 is 2.83 bits per heavy atom. The fraction of sp³-hybridized carbons (Fsp3) is 0.556. The van der Waals surface area contributed by atoms with E-state index >= 15 is 0 Å². The van der Waals surface area contributed by atoms with Gasteiger partial charge in [-0.05, 0) is 36.6 Å². The average Bonchev–Trinajstić information content (AvgIpc) is 3.19. The third-order valence-electron chi connectivity index (χ3n) is 3.65. The molecule has 0 bridgehead atoms. The van der Waals surface area contributed by atoms with Crippen LogP contribution in [0.4, 0.5) is 0 Å². The zero-order valence-electron chi connectivity index (χ0n) is 15.2. The maximum absolute atomic E-state index is 5.53. The molecule has 1 atom stereocenters. The lowest BCUT2D eigenvalue weighted by molar-refractivity contribution is 0.346. The van der Waals surface area contributed by atoms with Crippen LogP contribution in [0.3, 0.4) is 0 Å². The van der Waals surface area contributed by atoms with Gasteiger partial charge in [-0.15, -0.1) is 11.3 Å². The normalized spacial score (nSPS) is 13.8. The molecule has 0 aromatic carbocycles. The number of aliphatic imine (C=N–C) groups is 1. The van der Waals surface area contributed by atoms with Gasteiger partial charge in [0.25, 0.3) is 0 Å². The van der Waals surface area contributed by atoms with E-state index in [2.05, 4.69) is 48.3 Å². The summed E-state index contributed by atoms with van der Waals surface area (Å²) in [6.07, 6.45) is 3.97. The average molecular weight is 349 g/mol. The minimum atomic E-state index is 0.353. The van der Waals surface area contributed by atoms with E-state index < -0.39 is 0 Å². The van der Waals surface area contributed by atoms with Crippen molar-refractivity contribution < 1.29 is 4.42 Å². The molecule has 0 saturated heterocycles. The number of aromatic nitrogens is 1. The molecule has 2 N–H and O–H groups in total. The summed E-state index contributed by atoms with van der Waals surface area (Å²) >= 11 is 1.62. The van der Waals surface area contributed by atoms with E-state index in [4.69, 9.17) is 4.42 Å². The fourth-order valence-electron chi connectivity index (χ4n) is 2.23. The van der Waals surface area contributed by atoms with Gasteiger partial charge in [-0.2, -0.15) is 0 Å². The second-order valence-corrected chi connectivity index (χ2v) is 8.14. The third-order valence-corrected chi connectivity index (χ3v) is 4.51. The molecule has 5 nitrogen and oxygen atoms in total. The number of hydrogen-bond acceptors (Lipinski definition) is 4. The van der Waals surface area contributed by atoms with Crippen LogP contribution in [0.15, 0.2) is 33.2 Å². The van der Waals surface area contributed by atoms with Gasteiger partial charge in [0.2, 0.25) is 5.89 Å². The molecule has 2 aromatic rings. The van der Waals surface area contributed by atoms with Crippen molar-refractivity contribution in [2.24, 2.45) is 10.4 Å². The largest absolute Gasteiger partial charge is 0.443 e. The van der Waals surface area contributed by atoms with Crippen LogP contribution in [0.2, 0.25) is 0 Å². The fourth-order valence-corrected chi connectivity index (χ4v) is 2.88. The number of guanidine groups is 1. The lowest BCUT2D eigenvalue weighted by Crippen LogP contribution is -2.42. The lowest BCUT2D eigenvalue weighted by Gasteiger charge is -2.22. The molecular weight excluding hydrogens is 320 g/mol. The second kappa shape index (κ2) is 8.33. The summed E-state index contributed by atoms with van der Waals surface area (Å²) in [5, 5.41) is 8.73. The number of thiophene rings is 1. The van der Waals surface area contributed by atoms with Gasteiger partial charge in [-0.25, -0.2) is 4.98 Å². The molecule has 0 amide bonds. The number of rotatable bonds is 6. The van der Waals surface area contributed by atoms with E-state index in [9.17, 15) is 0 Å². The Hall–Kier alpha value is -1.82. The summed E-state index contributed by atoms with van der Waals surface area (Å²) in [5.74, 6) is 1.46. The first kappa shape index (κ1) is 18.5. The van der Waals surface area contributed by atoms with Crippen LogP contribution in [0.5, 0.6) is 0 Å². The smallest absolute Gasteiger partial charge is 0.236 e. The first-order chi connectivity index (χ1) is 11.4. The summed E-state index contributed by atoms with van der Waals surface area (Å²) < 4.78 is 5.53. The quantitative estimate of drug-likeness (QED) is 0.604. The highest BCUT2D eigenvalue weighted by molar-refractivity contribution is 7.13. The molecule has 0 fully saturated rings. The predicted octanol–water partition coefficient (Wildman–Crippen LogP) is 4.28. The SMILES string of the molecule is CN=C(NCc1coc(-c2cccs2)n1)NC(C)CCC(C)(C)C. The number of nitrogens with one attached hydrogen (secondary N) is 2. The first-order valence-corrected chi connectivity index (χ1v) is 9.21. The van der Waals surface area contributed by atoms with Crippen LogP contribution in [0.25, 0.3) is 10.8 Å². The molecular formula is C18H28N4OS. The van der Waals surface area contributed by atoms with Crippen LogP contribution >= 0.6 is 11.3 Å². The highest BCUT2D eigenvalue weighted by Crippen LogP contribution is 2.23. The van der Waals surface area contributed by atoms with Gasteiger partial charge in [0.1, 0.15) is 6.26 Å². The molecule has 0 spiro atoms. The summed E-state index contributed by atoms with van der Waals surface area (Å²) in [6, 6.07) is 4.37. The maximum atomic E-state index is 5.53. The predicted molar refractivity (Wildman–Crippen MR) is 101 cm³/mol. The Labute approximate surface area is 148 Å². The van der Waals surface area contributed by atoms with Crippen molar-refractivity contribution in [3.8, 4) is 10.8 Å².